The maximum Gasteiger partial charge on any atom is 0.241 e. The molecule has 0 spiro atoms. The van der Waals surface area contributed by atoms with Crippen LogP contribution in [0.5, 0.6) is 0 Å². The van der Waals surface area contributed by atoms with Gasteiger partial charge in [0.2, 0.25) is 5.91 Å². The molecule has 4 nitrogen and oxygen atoms in total. The molecule has 13 heavy (non-hydrogen) atoms. The van der Waals surface area contributed by atoms with Gasteiger partial charge in [0.1, 0.15) is 0 Å². The molecule has 0 radical (unpaired) electrons. The smallest absolute Gasteiger partial charge is 0.241 e. The summed E-state index contributed by atoms with van der Waals surface area (Å²) in [5.74, 6) is -0.395. The topological polar surface area (TPSA) is 64.4 Å². The van der Waals surface area contributed by atoms with Crippen LogP contribution in [0.4, 0.5) is 0 Å². The predicted molar refractivity (Wildman–Crippen MR) is 50.2 cm³/mol. The molecule has 4 heteroatoms. The first-order valence-electron chi connectivity index (χ1n) is 4.56. The zero-order valence-electron chi connectivity index (χ0n) is 7.66. The highest BCUT2D eigenvalue weighted by Gasteiger charge is 2.11. The number of amides is 1. The van der Waals surface area contributed by atoms with Crippen molar-refractivity contribution in [2.75, 3.05) is 19.8 Å². The minimum absolute atomic E-state index is 0.395. The van der Waals surface area contributed by atoms with Gasteiger partial charge in [-0.3, -0.25) is 4.79 Å². The van der Waals surface area contributed by atoms with Crippen LogP contribution in [0.25, 0.3) is 0 Å². The van der Waals surface area contributed by atoms with Gasteiger partial charge in [-0.15, -0.1) is 0 Å². The van der Waals surface area contributed by atoms with Crippen LogP contribution >= 0.6 is 0 Å². The lowest BCUT2D eigenvalue weighted by Gasteiger charge is -2.22. The molecule has 0 aliphatic carbocycles. The Hall–Kier alpha value is -0.870. The van der Waals surface area contributed by atoms with Crippen molar-refractivity contribution in [3.05, 3.63) is 12.2 Å². The van der Waals surface area contributed by atoms with Crippen molar-refractivity contribution in [3.8, 4) is 0 Å². The zero-order valence-corrected chi connectivity index (χ0v) is 7.66. The first-order chi connectivity index (χ1) is 6.29. The fraction of sp³-hybridized carbons (Fsp3) is 0.667. The van der Waals surface area contributed by atoms with Crippen molar-refractivity contribution < 1.29 is 9.53 Å². The molecule has 0 aromatic rings. The van der Waals surface area contributed by atoms with Crippen LogP contribution < -0.4 is 11.1 Å². The van der Waals surface area contributed by atoms with Crippen molar-refractivity contribution in [1.82, 2.24) is 5.32 Å². The lowest BCUT2D eigenvalue weighted by Crippen LogP contribution is -2.34. The van der Waals surface area contributed by atoms with E-state index < -0.39 is 5.91 Å². The zero-order chi connectivity index (χ0) is 9.52. The molecule has 1 saturated heterocycles. The van der Waals surface area contributed by atoms with E-state index in [0.717, 1.165) is 26.1 Å². The van der Waals surface area contributed by atoms with Gasteiger partial charge in [0.15, 0.2) is 0 Å². The quantitative estimate of drug-likeness (QED) is 0.594. The fourth-order valence-electron chi connectivity index (χ4n) is 1.31. The van der Waals surface area contributed by atoms with Gasteiger partial charge >= 0.3 is 0 Å². The monoisotopic (exact) mass is 184 g/mol. The maximum absolute atomic E-state index is 10.3. The summed E-state index contributed by atoms with van der Waals surface area (Å²) in [7, 11) is 0. The number of carbonyl (C=O) groups excluding carboxylic acids is 1. The van der Waals surface area contributed by atoms with E-state index >= 15 is 0 Å². The molecular weight excluding hydrogens is 168 g/mol. The summed E-state index contributed by atoms with van der Waals surface area (Å²) in [6.07, 6.45) is 5.22. The largest absolute Gasteiger partial charge is 0.381 e. The Morgan fingerprint density at radius 1 is 1.54 bits per heavy atom. The Balaban J connectivity index is 2.07. The van der Waals surface area contributed by atoms with Crippen molar-refractivity contribution in [1.29, 1.82) is 0 Å². The average molecular weight is 184 g/mol. The molecule has 0 bridgehead atoms. The van der Waals surface area contributed by atoms with Crippen LogP contribution in [-0.2, 0) is 9.53 Å². The molecule has 1 aliphatic rings. The van der Waals surface area contributed by atoms with Crippen LogP contribution in [0.3, 0.4) is 0 Å². The number of ether oxygens (including phenoxy) is 1. The Morgan fingerprint density at radius 3 is 2.85 bits per heavy atom. The van der Waals surface area contributed by atoms with Gasteiger partial charge in [0.05, 0.1) is 0 Å². The van der Waals surface area contributed by atoms with Gasteiger partial charge in [-0.1, -0.05) is 6.08 Å². The average Bonchev–Trinajstić information content (AvgIpc) is 2.14. The normalized spacial score (nSPS) is 19.4. The van der Waals surface area contributed by atoms with Gasteiger partial charge in [0, 0.05) is 25.8 Å². The van der Waals surface area contributed by atoms with Gasteiger partial charge in [-0.2, -0.15) is 0 Å². The molecule has 1 rings (SSSR count). The first-order valence-corrected chi connectivity index (χ1v) is 4.56. The van der Waals surface area contributed by atoms with E-state index in [-0.39, 0.29) is 0 Å². The number of primary amides is 1. The van der Waals surface area contributed by atoms with Gasteiger partial charge in [-0.25, -0.2) is 0 Å². The van der Waals surface area contributed by atoms with Crippen molar-refractivity contribution in [3.63, 3.8) is 0 Å². The molecule has 1 aliphatic heterocycles. The lowest BCUT2D eigenvalue weighted by atomic mass is 10.1. The predicted octanol–water partition coefficient (Wildman–Crippen LogP) is -0.204. The van der Waals surface area contributed by atoms with Crippen LogP contribution in [0.2, 0.25) is 0 Å². The number of hydrogen-bond acceptors (Lipinski definition) is 3. The minimum Gasteiger partial charge on any atom is -0.381 e. The molecule has 0 saturated carbocycles. The molecule has 3 N–H and O–H groups in total. The van der Waals surface area contributed by atoms with E-state index in [0.29, 0.717) is 12.6 Å². The summed E-state index contributed by atoms with van der Waals surface area (Å²) in [6, 6.07) is 0.520. The molecular formula is C9H16N2O2. The summed E-state index contributed by atoms with van der Waals surface area (Å²) in [5.41, 5.74) is 4.94. The van der Waals surface area contributed by atoms with E-state index in [1.54, 1.807) is 6.08 Å². The van der Waals surface area contributed by atoms with E-state index in [1.165, 1.54) is 6.08 Å². The summed E-state index contributed by atoms with van der Waals surface area (Å²) >= 11 is 0. The standard InChI is InChI=1S/C9H16N2O2/c10-9(12)2-1-5-11-8-3-6-13-7-4-8/h1-2,8,11H,3-7H2,(H2,10,12). The molecule has 1 amide bonds. The molecule has 74 valence electrons. The lowest BCUT2D eigenvalue weighted by molar-refractivity contribution is -0.113. The Labute approximate surface area is 78.1 Å². The summed E-state index contributed by atoms with van der Waals surface area (Å²) in [4.78, 5) is 10.3. The highest BCUT2D eigenvalue weighted by molar-refractivity contribution is 5.85. The second-order valence-electron chi connectivity index (χ2n) is 3.10. The highest BCUT2D eigenvalue weighted by atomic mass is 16.5. The minimum atomic E-state index is -0.395. The van der Waals surface area contributed by atoms with Crippen LogP contribution in [0.1, 0.15) is 12.8 Å². The fourth-order valence-corrected chi connectivity index (χ4v) is 1.31. The van der Waals surface area contributed by atoms with Crippen LogP contribution in [0, 0.1) is 0 Å². The number of nitrogens with one attached hydrogen (secondary N) is 1. The van der Waals surface area contributed by atoms with Crippen LogP contribution in [0.15, 0.2) is 12.2 Å². The molecule has 0 unspecified atom stereocenters. The Bertz CT molecular complexity index is 186. The van der Waals surface area contributed by atoms with Crippen LogP contribution in [-0.4, -0.2) is 31.7 Å². The molecule has 1 heterocycles. The second kappa shape index (κ2) is 5.72. The molecule has 0 atom stereocenters. The Morgan fingerprint density at radius 2 is 2.23 bits per heavy atom. The SMILES string of the molecule is NC(=O)C=CCNC1CCOCC1. The molecule has 0 aromatic carbocycles. The maximum atomic E-state index is 10.3. The Kier molecular flexibility index (Phi) is 4.49. The molecule has 1 fully saturated rings. The third-order valence-electron chi connectivity index (χ3n) is 2.03. The van der Waals surface area contributed by atoms with Crippen molar-refractivity contribution >= 4 is 5.91 Å². The summed E-state index contributed by atoms with van der Waals surface area (Å²) in [5, 5.41) is 3.30. The second-order valence-corrected chi connectivity index (χ2v) is 3.10. The molecule has 0 aromatic heterocycles. The van der Waals surface area contributed by atoms with E-state index in [4.69, 9.17) is 10.5 Å². The number of nitrogens with two attached hydrogens (primary N) is 1. The summed E-state index contributed by atoms with van der Waals surface area (Å²) < 4.78 is 5.21. The number of hydrogen-bond donors (Lipinski definition) is 2. The summed E-state index contributed by atoms with van der Waals surface area (Å²) in [6.45, 7) is 2.36. The first kappa shape index (κ1) is 10.2. The van der Waals surface area contributed by atoms with E-state index in [1.807, 2.05) is 0 Å². The van der Waals surface area contributed by atoms with Crippen molar-refractivity contribution in [2.24, 2.45) is 5.73 Å². The third-order valence-corrected chi connectivity index (χ3v) is 2.03. The van der Waals surface area contributed by atoms with E-state index in [2.05, 4.69) is 5.32 Å². The van der Waals surface area contributed by atoms with E-state index in [9.17, 15) is 4.79 Å². The van der Waals surface area contributed by atoms with Gasteiger partial charge in [0.25, 0.3) is 0 Å². The van der Waals surface area contributed by atoms with Gasteiger partial charge in [-0.05, 0) is 18.9 Å². The van der Waals surface area contributed by atoms with Crippen molar-refractivity contribution in [2.45, 2.75) is 18.9 Å². The number of rotatable bonds is 4. The number of carbonyl (C=O) groups is 1. The highest BCUT2D eigenvalue weighted by Crippen LogP contribution is 2.05. The third kappa shape index (κ3) is 4.65. The van der Waals surface area contributed by atoms with Gasteiger partial charge < -0.3 is 15.8 Å².